The van der Waals surface area contributed by atoms with Crippen molar-refractivity contribution in [1.82, 2.24) is 15.2 Å². The predicted molar refractivity (Wildman–Crippen MR) is 96.2 cm³/mol. The average Bonchev–Trinajstić information content (AvgIpc) is 3.43. The highest BCUT2D eigenvalue weighted by Crippen LogP contribution is 2.44. The number of aromatic amines is 1. The number of rotatable bonds is 3. The number of oxazole rings is 1. The van der Waals surface area contributed by atoms with Crippen molar-refractivity contribution in [3.63, 3.8) is 0 Å². The minimum Gasteiger partial charge on any atom is -0.443 e. The second kappa shape index (κ2) is 5.29. The van der Waals surface area contributed by atoms with Gasteiger partial charge in [-0.25, -0.2) is 4.98 Å². The van der Waals surface area contributed by atoms with Gasteiger partial charge in [-0.2, -0.15) is 27.8 Å². The summed E-state index contributed by atoms with van der Waals surface area (Å²) in [4.78, 5) is 4.22. The Morgan fingerprint density at radius 3 is 2.54 bits per heavy atom. The van der Waals surface area contributed by atoms with Crippen LogP contribution in [0.1, 0.15) is 22.4 Å². The van der Waals surface area contributed by atoms with Crippen molar-refractivity contribution in [1.29, 1.82) is 0 Å². The first-order valence-electron chi connectivity index (χ1n) is 7.58. The summed E-state index contributed by atoms with van der Waals surface area (Å²) in [5.74, 6) is 0.552. The second-order valence-corrected chi connectivity index (χ2v) is 7.37. The van der Waals surface area contributed by atoms with E-state index in [0.717, 1.165) is 23.4 Å². The van der Waals surface area contributed by atoms with Crippen molar-refractivity contribution >= 4 is 28.7 Å². The van der Waals surface area contributed by atoms with E-state index in [9.17, 15) is 0 Å². The number of fused-ring (bicyclic) bond motifs is 1. The Morgan fingerprint density at radius 2 is 1.92 bits per heavy atom. The van der Waals surface area contributed by atoms with Gasteiger partial charge in [0.1, 0.15) is 6.26 Å². The molecule has 0 bridgehead atoms. The average molecular weight is 351 g/mol. The molecule has 1 aliphatic carbocycles. The molecule has 0 radical (unpaired) electrons. The highest BCUT2D eigenvalue weighted by molar-refractivity contribution is 7.08. The molecule has 5 rings (SSSR count). The van der Waals surface area contributed by atoms with E-state index in [2.05, 4.69) is 61.0 Å². The Morgan fingerprint density at radius 1 is 1.12 bits per heavy atom. The molecule has 0 amide bonds. The number of allylic oxidation sites excluding steroid dienone is 1. The van der Waals surface area contributed by atoms with Crippen molar-refractivity contribution in [3.05, 3.63) is 74.6 Å². The van der Waals surface area contributed by atoms with Crippen LogP contribution in [0.5, 0.6) is 0 Å². The molecule has 0 unspecified atom stereocenters. The quantitative estimate of drug-likeness (QED) is 0.580. The summed E-state index contributed by atoms with van der Waals surface area (Å²) >= 11 is 3.46. The maximum Gasteiger partial charge on any atom is 0.247 e. The predicted octanol–water partition coefficient (Wildman–Crippen LogP) is 4.74. The molecule has 0 atom stereocenters. The van der Waals surface area contributed by atoms with E-state index in [0.29, 0.717) is 5.89 Å². The zero-order chi connectivity index (χ0) is 16.0. The van der Waals surface area contributed by atoms with Crippen molar-refractivity contribution in [2.75, 3.05) is 0 Å². The highest BCUT2D eigenvalue weighted by atomic mass is 32.1. The van der Waals surface area contributed by atoms with Gasteiger partial charge in [0.05, 0.1) is 6.20 Å². The number of thiophene rings is 2. The normalized spacial score (nSPS) is 15.5. The summed E-state index contributed by atoms with van der Waals surface area (Å²) < 4.78 is 5.42. The number of hydrogen-bond donors (Lipinski definition) is 1. The van der Waals surface area contributed by atoms with Crippen molar-refractivity contribution in [2.45, 2.75) is 11.8 Å². The first kappa shape index (κ1) is 13.9. The Kier molecular flexibility index (Phi) is 3.08. The Balaban J connectivity index is 1.66. The minimum absolute atomic E-state index is 0.145. The topological polar surface area (TPSA) is 54.7 Å². The van der Waals surface area contributed by atoms with Crippen molar-refractivity contribution < 1.29 is 4.42 Å². The molecule has 118 valence electrons. The molecule has 24 heavy (non-hydrogen) atoms. The van der Waals surface area contributed by atoms with Crippen LogP contribution in [0.3, 0.4) is 0 Å². The molecule has 0 saturated carbocycles. The van der Waals surface area contributed by atoms with Gasteiger partial charge in [-0.1, -0.05) is 12.2 Å². The molecular weight excluding hydrogens is 338 g/mol. The van der Waals surface area contributed by atoms with Gasteiger partial charge in [-0.05, 0) is 44.8 Å². The molecule has 0 saturated heterocycles. The number of nitrogens with zero attached hydrogens (tertiary/aromatic N) is 2. The van der Waals surface area contributed by atoms with Crippen LogP contribution in [0, 0.1) is 0 Å². The van der Waals surface area contributed by atoms with Crippen molar-refractivity contribution in [2.24, 2.45) is 0 Å². The molecule has 4 aromatic rings. The van der Waals surface area contributed by atoms with E-state index < -0.39 is 0 Å². The zero-order valence-corrected chi connectivity index (χ0v) is 14.2. The van der Waals surface area contributed by atoms with Crippen LogP contribution in [0.4, 0.5) is 0 Å². The van der Waals surface area contributed by atoms with Gasteiger partial charge in [0.25, 0.3) is 0 Å². The minimum atomic E-state index is -0.145. The summed E-state index contributed by atoms with van der Waals surface area (Å²) in [5, 5.41) is 16.4. The monoisotopic (exact) mass is 351 g/mol. The lowest BCUT2D eigenvalue weighted by Gasteiger charge is -2.32. The molecule has 1 aliphatic rings. The summed E-state index contributed by atoms with van der Waals surface area (Å²) in [5.41, 5.74) is 5.45. The van der Waals surface area contributed by atoms with Gasteiger partial charge >= 0.3 is 0 Å². The van der Waals surface area contributed by atoms with E-state index in [1.165, 1.54) is 11.1 Å². The summed E-state index contributed by atoms with van der Waals surface area (Å²) in [7, 11) is 0. The van der Waals surface area contributed by atoms with E-state index >= 15 is 0 Å². The molecule has 1 N–H and O–H groups in total. The van der Waals surface area contributed by atoms with E-state index in [1.54, 1.807) is 35.1 Å². The number of H-pyrrole nitrogens is 1. The lowest BCUT2D eigenvalue weighted by atomic mass is 9.70. The maximum absolute atomic E-state index is 5.42. The van der Waals surface area contributed by atoms with Crippen LogP contribution < -0.4 is 0 Å². The summed E-state index contributed by atoms with van der Waals surface area (Å²) in [6.45, 7) is 0. The fraction of sp³-hybridized carbons (Fsp3) is 0.111. The Bertz CT molecular complexity index is 945. The van der Waals surface area contributed by atoms with Crippen molar-refractivity contribution in [3.8, 4) is 11.6 Å². The Hall–Kier alpha value is -2.44. The smallest absolute Gasteiger partial charge is 0.247 e. The third-order valence-corrected chi connectivity index (χ3v) is 5.95. The number of nitrogens with one attached hydrogen (secondary N) is 1. The van der Waals surface area contributed by atoms with Gasteiger partial charge in [-0.15, -0.1) is 0 Å². The van der Waals surface area contributed by atoms with Crippen LogP contribution in [-0.2, 0) is 11.8 Å². The van der Waals surface area contributed by atoms with Crippen LogP contribution in [0.25, 0.3) is 17.7 Å². The fourth-order valence-electron chi connectivity index (χ4n) is 3.37. The zero-order valence-electron chi connectivity index (χ0n) is 12.6. The Labute approximate surface area is 146 Å². The third-order valence-electron chi connectivity index (χ3n) is 4.58. The summed E-state index contributed by atoms with van der Waals surface area (Å²) in [6, 6.07) is 4.42. The first-order chi connectivity index (χ1) is 11.9. The van der Waals surface area contributed by atoms with Crippen LogP contribution >= 0.6 is 22.7 Å². The fourth-order valence-corrected chi connectivity index (χ4v) is 4.85. The van der Waals surface area contributed by atoms with E-state index in [-0.39, 0.29) is 5.41 Å². The van der Waals surface area contributed by atoms with Gasteiger partial charge in [0.2, 0.25) is 5.89 Å². The van der Waals surface area contributed by atoms with E-state index in [4.69, 9.17) is 4.42 Å². The molecule has 0 spiro atoms. The SMILES string of the molecule is C1=CC(c2ccsc2)(c2ccsc2)Cc2[nH]nc(-c3ncco3)c21. The molecule has 4 heterocycles. The lowest BCUT2D eigenvalue weighted by molar-refractivity contribution is 0.571. The van der Waals surface area contributed by atoms with Gasteiger partial charge in [0, 0.05) is 23.1 Å². The van der Waals surface area contributed by atoms with Crippen LogP contribution in [0.15, 0.2) is 56.6 Å². The largest absolute Gasteiger partial charge is 0.443 e. The molecule has 0 aromatic carbocycles. The highest BCUT2D eigenvalue weighted by Gasteiger charge is 2.37. The number of aromatic nitrogens is 3. The maximum atomic E-state index is 5.42. The molecule has 0 fully saturated rings. The van der Waals surface area contributed by atoms with Gasteiger partial charge in [-0.3, -0.25) is 5.10 Å². The van der Waals surface area contributed by atoms with Crippen LogP contribution in [0.2, 0.25) is 0 Å². The van der Waals surface area contributed by atoms with Gasteiger partial charge in [0.15, 0.2) is 5.69 Å². The second-order valence-electron chi connectivity index (χ2n) is 5.81. The molecular formula is C18H13N3OS2. The van der Waals surface area contributed by atoms with Crippen LogP contribution in [-0.4, -0.2) is 15.2 Å². The first-order valence-corrected chi connectivity index (χ1v) is 9.47. The number of hydrogen-bond acceptors (Lipinski definition) is 5. The molecule has 4 nitrogen and oxygen atoms in total. The molecule has 6 heteroatoms. The lowest BCUT2D eigenvalue weighted by Crippen LogP contribution is -2.29. The molecule has 4 aromatic heterocycles. The third kappa shape index (κ3) is 1.96. The molecule has 0 aliphatic heterocycles. The van der Waals surface area contributed by atoms with Gasteiger partial charge < -0.3 is 4.42 Å². The standard InChI is InChI=1S/C18H13N3OS2/c1-4-18(12-2-7-23-10-12,13-3-8-24-11-13)9-15-14(1)16(21-20-15)17-19-5-6-22-17/h1-8,10-11H,9H2,(H,20,21). The summed E-state index contributed by atoms with van der Waals surface area (Å²) in [6.07, 6.45) is 8.51. The van der Waals surface area contributed by atoms with E-state index in [1.807, 2.05) is 0 Å².